The molecule has 2 aromatic heterocycles. The molecular weight excluding hydrogens is 426 g/mol. The minimum atomic E-state index is -0.773. The molecule has 0 bridgehead atoms. The van der Waals surface area contributed by atoms with Crippen LogP contribution in [0.1, 0.15) is 5.56 Å². The number of nitrogens with zero attached hydrogens (tertiary/aromatic N) is 1. The Balaban J connectivity index is 1.48. The number of aromatic nitrogens is 3. The minimum Gasteiger partial charge on any atom is -0.454 e. The monoisotopic (exact) mass is 441 g/mol. The van der Waals surface area contributed by atoms with Crippen molar-refractivity contribution in [2.75, 3.05) is 6.79 Å². The summed E-state index contributed by atoms with van der Waals surface area (Å²) in [5.74, 6) is 1.31. The first-order valence-electron chi connectivity index (χ1n) is 10.1. The van der Waals surface area contributed by atoms with Gasteiger partial charge in [0.25, 0.3) is 11.1 Å². The third-order valence-electron chi connectivity index (χ3n) is 5.84. The fourth-order valence-corrected chi connectivity index (χ4v) is 4.25. The van der Waals surface area contributed by atoms with Crippen LogP contribution in [0.25, 0.3) is 32.9 Å². The van der Waals surface area contributed by atoms with E-state index in [2.05, 4.69) is 9.97 Å². The first-order chi connectivity index (χ1) is 16.0. The van der Waals surface area contributed by atoms with Gasteiger partial charge in [0.1, 0.15) is 21.8 Å². The molecule has 0 aliphatic carbocycles. The van der Waals surface area contributed by atoms with E-state index in [9.17, 15) is 19.2 Å². The van der Waals surface area contributed by atoms with Gasteiger partial charge in [-0.1, -0.05) is 24.3 Å². The van der Waals surface area contributed by atoms with Crippen molar-refractivity contribution in [3.05, 3.63) is 102 Å². The number of ether oxygens (including phenoxy) is 2. The van der Waals surface area contributed by atoms with Gasteiger partial charge in [-0.25, -0.2) is 0 Å². The Bertz CT molecular complexity index is 1730. The SMILES string of the molecule is O=c1c2[nH]cc[nH]c2c(=O)c2c(=O)n(Cc3cccc(-c4ccc5c(c4)OCO5)c3)c(=O)c12. The quantitative estimate of drug-likeness (QED) is 0.440. The zero-order valence-corrected chi connectivity index (χ0v) is 17.0. The molecule has 6 rings (SSSR count). The Kier molecular flexibility index (Phi) is 4.00. The molecule has 0 spiro atoms. The average molecular weight is 441 g/mol. The summed E-state index contributed by atoms with van der Waals surface area (Å²) in [7, 11) is 0. The summed E-state index contributed by atoms with van der Waals surface area (Å²) in [6.45, 7) is 0.0971. The Labute approximate surface area is 183 Å². The second kappa shape index (κ2) is 6.92. The molecule has 0 amide bonds. The molecule has 0 fully saturated rings. The van der Waals surface area contributed by atoms with Crippen molar-refractivity contribution in [1.29, 1.82) is 0 Å². The summed E-state index contributed by atoms with van der Waals surface area (Å²) in [5.41, 5.74) is -0.562. The van der Waals surface area contributed by atoms with Gasteiger partial charge < -0.3 is 19.4 Å². The number of rotatable bonds is 3. The van der Waals surface area contributed by atoms with Crippen LogP contribution in [0.4, 0.5) is 0 Å². The van der Waals surface area contributed by atoms with E-state index in [1.54, 1.807) is 6.07 Å². The van der Waals surface area contributed by atoms with Gasteiger partial charge in [0.2, 0.25) is 17.7 Å². The molecule has 2 N–H and O–H groups in total. The molecule has 0 saturated heterocycles. The van der Waals surface area contributed by atoms with Gasteiger partial charge in [-0.05, 0) is 34.9 Å². The van der Waals surface area contributed by atoms with Crippen molar-refractivity contribution in [2.45, 2.75) is 6.54 Å². The van der Waals surface area contributed by atoms with E-state index in [0.29, 0.717) is 17.1 Å². The van der Waals surface area contributed by atoms with Crippen LogP contribution >= 0.6 is 0 Å². The second-order valence-corrected chi connectivity index (χ2v) is 7.75. The van der Waals surface area contributed by atoms with Crippen molar-refractivity contribution in [3.63, 3.8) is 0 Å². The molecule has 9 nitrogen and oxygen atoms in total. The van der Waals surface area contributed by atoms with Crippen molar-refractivity contribution in [3.8, 4) is 22.6 Å². The summed E-state index contributed by atoms with van der Waals surface area (Å²) in [6.07, 6.45) is 2.88. The fourth-order valence-electron chi connectivity index (χ4n) is 4.25. The lowest BCUT2D eigenvalue weighted by Gasteiger charge is -2.07. The minimum absolute atomic E-state index is 0.0333. The molecule has 5 aromatic rings. The molecule has 9 heteroatoms. The predicted octanol–water partition coefficient (Wildman–Crippen LogP) is 1.77. The fraction of sp³-hybridized carbons (Fsp3) is 0.0833. The number of nitrogens with one attached hydrogen (secondary N) is 2. The Morgan fingerprint density at radius 2 is 1.39 bits per heavy atom. The Morgan fingerprint density at radius 1 is 0.758 bits per heavy atom. The van der Waals surface area contributed by atoms with Gasteiger partial charge >= 0.3 is 0 Å². The molecule has 33 heavy (non-hydrogen) atoms. The first-order valence-corrected chi connectivity index (χ1v) is 10.1. The second-order valence-electron chi connectivity index (χ2n) is 7.75. The van der Waals surface area contributed by atoms with Crippen LogP contribution in [0.3, 0.4) is 0 Å². The zero-order valence-electron chi connectivity index (χ0n) is 17.0. The largest absolute Gasteiger partial charge is 0.454 e. The third-order valence-corrected chi connectivity index (χ3v) is 5.84. The van der Waals surface area contributed by atoms with Crippen molar-refractivity contribution in [2.24, 2.45) is 0 Å². The number of hydrogen-bond donors (Lipinski definition) is 2. The van der Waals surface area contributed by atoms with Crippen LogP contribution in [0.15, 0.2) is 74.0 Å². The standard InChI is InChI=1S/C24H15N3O6/c28-21-17-18(22(29)20-19(21)25-6-7-26-20)24(31)27(23(17)30)10-12-2-1-3-13(8-12)14-4-5-15-16(9-14)33-11-32-15/h1-9,25-26H,10-11H2. The predicted molar refractivity (Wildman–Crippen MR) is 122 cm³/mol. The topological polar surface area (TPSA) is 123 Å². The highest BCUT2D eigenvalue weighted by Gasteiger charge is 2.22. The summed E-state index contributed by atoms with van der Waals surface area (Å²) < 4.78 is 11.7. The highest BCUT2D eigenvalue weighted by molar-refractivity contribution is 5.94. The molecule has 0 radical (unpaired) electrons. The number of hydrogen-bond acceptors (Lipinski definition) is 6. The summed E-state index contributed by atoms with van der Waals surface area (Å²) in [4.78, 5) is 57.1. The van der Waals surface area contributed by atoms with Gasteiger partial charge in [-0.2, -0.15) is 0 Å². The van der Waals surface area contributed by atoms with Crippen LogP contribution in [-0.4, -0.2) is 21.3 Å². The van der Waals surface area contributed by atoms with Gasteiger partial charge in [-0.3, -0.25) is 23.7 Å². The molecule has 1 aliphatic heterocycles. The van der Waals surface area contributed by atoms with Crippen molar-refractivity contribution >= 4 is 21.8 Å². The first kappa shape index (κ1) is 19.1. The molecule has 0 saturated carbocycles. The van der Waals surface area contributed by atoms with Crippen LogP contribution in [0.2, 0.25) is 0 Å². The highest BCUT2D eigenvalue weighted by atomic mass is 16.7. The van der Waals surface area contributed by atoms with Crippen molar-refractivity contribution < 1.29 is 9.47 Å². The maximum absolute atomic E-state index is 13.0. The molecule has 0 unspecified atom stereocenters. The number of benzene rings is 3. The number of fused-ring (bicyclic) bond motifs is 3. The maximum Gasteiger partial charge on any atom is 0.266 e. The van der Waals surface area contributed by atoms with E-state index in [0.717, 1.165) is 15.7 Å². The molecule has 0 atom stereocenters. The maximum atomic E-state index is 13.0. The average Bonchev–Trinajstić information content (AvgIpc) is 3.41. The summed E-state index contributed by atoms with van der Waals surface area (Å²) >= 11 is 0. The van der Waals surface area contributed by atoms with Crippen LogP contribution in [0.5, 0.6) is 11.5 Å². The number of aromatic amines is 2. The van der Waals surface area contributed by atoms with Crippen LogP contribution < -0.4 is 31.4 Å². The summed E-state index contributed by atoms with van der Waals surface area (Å²) in [6, 6.07) is 12.9. The lowest BCUT2D eigenvalue weighted by molar-refractivity contribution is 0.174. The lowest BCUT2D eigenvalue weighted by atomic mass is 10.0. The lowest BCUT2D eigenvalue weighted by Crippen LogP contribution is -2.27. The summed E-state index contributed by atoms with van der Waals surface area (Å²) in [5, 5.41) is -0.777. The highest BCUT2D eigenvalue weighted by Crippen LogP contribution is 2.36. The molecule has 3 heterocycles. The molecular formula is C24H15N3O6. The Morgan fingerprint density at radius 3 is 2.09 bits per heavy atom. The van der Waals surface area contributed by atoms with Gasteiger partial charge in [0.05, 0.1) is 6.54 Å². The van der Waals surface area contributed by atoms with E-state index in [4.69, 9.17) is 9.47 Å². The van der Waals surface area contributed by atoms with Crippen molar-refractivity contribution in [1.82, 2.24) is 14.5 Å². The van der Waals surface area contributed by atoms with E-state index in [-0.39, 0.29) is 35.1 Å². The van der Waals surface area contributed by atoms with E-state index < -0.39 is 22.0 Å². The van der Waals surface area contributed by atoms with E-state index in [1.165, 1.54) is 12.4 Å². The zero-order chi connectivity index (χ0) is 22.7. The Hall–Kier alpha value is -4.66. The van der Waals surface area contributed by atoms with E-state index >= 15 is 0 Å². The molecule has 162 valence electrons. The smallest absolute Gasteiger partial charge is 0.266 e. The van der Waals surface area contributed by atoms with Crippen LogP contribution in [0, 0.1) is 0 Å². The third kappa shape index (κ3) is 2.79. The normalized spacial score (nSPS) is 12.6. The van der Waals surface area contributed by atoms with E-state index in [1.807, 2.05) is 36.4 Å². The number of H-pyrrole nitrogens is 2. The van der Waals surface area contributed by atoms with Gasteiger partial charge in [-0.15, -0.1) is 0 Å². The molecule has 3 aromatic carbocycles. The van der Waals surface area contributed by atoms with Crippen LogP contribution in [-0.2, 0) is 6.54 Å². The van der Waals surface area contributed by atoms with Gasteiger partial charge in [0.15, 0.2) is 11.5 Å². The molecule has 1 aliphatic rings. The van der Waals surface area contributed by atoms with Gasteiger partial charge in [0, 0.05) is 12.4 Å².